The second kappa shape index (κ2) is 8.76. The van der Waals surface area contributed by atoms with E-state index in [2.05, 4.69) is 4.99 Å². The maximum absolute atomic E-state index is 13.3. The number of allylic oxidation sites excluding steroid dienone is 2. The number of ether oxygens (including phenoxy) is 2. The van der Waals surface area contributed by atoms with Crippen molar-refractivity contribution in [2.45, 2.75) is 38.7 Å². The minimum absolute atomic E-state index is 0.000161. The van der Waals surface area contributed by atoms with E-state index in [-0.39, 0.29) is 18.1 Å². The molecule has 0 amide bonds. The Labute approximate surface area is 181 Å². The average Bonchev–Trinajstić information content (AvgIpc) is 2.78. The topological polar surface area (TPSA) is 85.2 Å². The zero-order valence-electron chi connectivity index (χ0n) is 17.6. The Hall–Kier alpha value is -3.41. The Balaban J connectivity index is 1.73. The zero-order chi connectivity index (χ0) is 22.0. The van der Waals surface area contributed by atoms with E-state index < -0.39 is 17.8 Å². The molecule has 1 aliphatic carbocycles. The third-order valence-electron chi connectivity index (χ3n) is 5.88. The van der Waals surface area contributed by atoms with Crippen molar-refractivity contribution in [2.75, 3.05) is 7.11 Å². The first kappa shape index (κ1) is 20.8. The minimum atomic E-state index is -0.723. The number of hydrogen-bond acceptors (Lipinski definition) is 6. The predicted molar refractivity (Wildman–Crippen MR) is 116 cm³/mol. The van der Waals surface area contributed by atoms with Crippen molar-refractivity contribution in [3.05, 3.63) is 70.9 Å². The van der Waals surface area contributed by atoms with Crippen molar-refractivity contribution in [3.8, 4) is 11.5 Å². The number of esters is 1. The number of Topliss-reactive ketones (excluding diaryl/α,β-unsaturated/α-hetero) is 1. The molecule has 160 valence electrons. The summed E-state index contributed by atoms with van der Waals surface area (Å²) in [5.74, 6) is -1.38. The molecule has 1 unspecified atom stereocenters. The van der Waals surface area contributed by atoms with E-state index in [1.807, 2.05) is 37.3 Å². The van der Waals surface area contributed by atoms with Gasteiger partial charge in [0.15, 0.2) is 17.3 Å². The Bertz CT molecular complexity index is 1070. The number of carbonyl (C=O) groups is 2. The van der Waals surface area contributed by atoms with E-state index >= 15 is 0 Å². The van der Waals surface area contributed by atoms with Crippen LogP contribution in [0.1, 0.15) is 43.2 Å². The highest BCUT2D eigenvalue weighted by molar-refractivity contribution is 6.08. The van der Waals surface area contributed by atoms with Gasteiger partial charge in [-0.3, -0.25) is 14.6 Å². The van der Waals surface area contributed by atoms with Crippen LogP contribution in [-0.4, -0.2) is 29.7 Å². The lowest BCUT2D eigenvalue weighted by Crippen LogP contribution is -2.37. The molecule has 1 aliphatic heterocycles. The Morgan fingerprint density at radius 3 is 2.68 bits per heavy atom. The summed E-state index contributed by atoms with van der Waals surface area (Å²) in [6.07, 6.45) is 1.89. The largest absolute Gasteiger partial charge is 0.504 e. The molecule has 6 nitrogen and oxygen atoms in total. The van der Waals surface area contributed by atoms with Gasteiger partial charge in [0.05, 0.1) is 7.11 Å². The maximum atomic E-state index is 13.3. The molecule has 0 fully saturated rings. The van der Waals surface area contributed by atoms with Gasteiger partial charge in [-0.05, 0) is 43.0 Å². The van der Waals surface area contributed by atoms with Crippen LogP contribution in [0.4, 0.5) is 0 Å². The van der Waals surface area contributed by atoms with Crippen LogP contribution in [-0.2, 0) is 20.9 Å². The number of methoxy groups -OCH3 is 1. The van der Waals surface area contributed by atoms with Gasteiger partial charge in [-0.15, -0.1) is 0 Å². The molecule has 0 spiro atoms. The van der Waals surface area contributed by atoms with Crippen molar-refractivity contribution >= 4 is 17.5 Å². The molecule has 1 heterocycles. The van der Waals surface area contributed by atoms with Gasteiger partial charge in [0.25, 0.3) is 0 Å². The summed E-state index contributed by atoms with van der Waals surface area (Å²) in [7, 11) is 1.47. The number of hydrogen-bond donors (Lipinski definition) is 1. The predicted octanol–water partition coefficient (Wildman–Crippen LogP) is 4.33. The number of phenolic OH excluding ortho intramolecular Hbond substituents is 1. The smallest absolute Gasteiger partial charge is 0.315 e. The van der Waals surface area contributed by atoms with Crippen molar-refractivity contribution in [2.24, 2.45) is 10.9 Å². The first-order valence-electron chi connectivity index (χ1n) is 10.4. The molecule has 2 atom stereocenters. The first-order chi connectivity index (χ1) is 15.0. The van der Waals surface area contributed by atoms with Crippen molar-refractivity contribution in [1.82, 2.24) is 0 Å². The standard InChI is InChI=1S/C25H25NO5/c1-15-22(25(29)31-14-16-7-4-3-5-8-16)23(17-11-12-19(27)21(13-17)30-2)24-18(26-15)9-6-10-20(24)28/h3-5,7-8,11-13,22-23,27H,6,9-10,14H2,1-2H3/t22?,23-/m0/s1. The molecule has 2 aromatic carbocycles. The monoisotopic (exact) mass is 419 g/mol. The van der Waals surface area contributed by atoms with Crippen LogP contribution < -0.4 is 4.74 Å². The second-order valence-electron chi connectivity index (χ2n) is 7.87. The van der Waals surface area contributed by atoms with E-state index in [0.29, 0.717) is 35.4 Å². The summed E-state index contributed by atoms with van der Waals surface area (Å²) in [5, 5.41) is 10.0. The quantitative estimate of drug-likeness (QED) is 0.730. The third-order valence-corrected chi connectivity index (χ3v) is 5.88. The molecule has 31 heavy (non-hydrogen) atoms. The number of nitrogens with zero attached hydrogens (tertiary/aromatic N) is 1. The van der Waals surface area contributed by atoms with Gasteiger partial charge >= 0.3 is 5.97 Å². The van der Waals surface area contributed by atoms with Gasteiger partial charge in [-0.25, -0.2) is 0 Å². The molecule has 0 aromatic heterocycles. The summed E-state index contributed by atoms with van der Waals surface area (Å²) in [6, 6.07) is 14.4. The van der Waals surface area contributed by atoms with Crippen LogP contribution in [0.15, 0.2) is 64.8 Å². The number of rotatable bonds is 5. The fourth-order valence-electron chi connectivity index (χ4n) is 4.38. The number of aliphatic imine (C=N–C) groups is 1. The number of benzene rings is 2. The molecule has 0 saturated carbocycles. The molecule has 6 heteroatoms. The molecule has 2 aliphatic rings. The third kappa shape index (κ3) is 4.10. The fourth-order valence-corrected chi connectivity index (χ4v) is 4.38. The van der Waals surface area contributed by atoms with Gasteiger partial charge in [-0.2, -0.15) is 0 Å². The Morgan fingerprint density at radius 2 is 1.94 bits per heavy atom. The van der Waals surface area contributed by atoms with Gasteiger partial charge in [0.2, 0.25) is 0 Å². The number of carbonyl (C=O) groups excluding carboxylic acids is 2. The first-order valence-corrected chi connectivity index (χ1v) is 10.4. The fraction of sp³-hybridized carbons (Fsp3) is 0.320. The molecule has 0 bridgehead atoms. The lowest BCUT2D eigenvalue weighted by molar-refractivity contribution is -0.148. The van der Waals surface area contributed by atoms with Gasteiger partial charge in [-0.1, -0.05) is 36.4 Å². The van der Waals surface area contributed by atoms with Crippen LogP contribution in [0, 0.1) is 5.92 Å². The Morgan fingerprint density at radius 1 is 1.16 bits per heavy atom. The molecule has 0 saturated heterocycles. The van der Waals surface area contributed by atoms with E-state index in [9.17, 15) is 14.7 Å². The van der Waals surface area contributed by atoms with E-state index in [1.54, 1.807) is 12.1 Å². The SMILES string of the molecule is COc1cc([C@@H]2C3=C(CCCC3=O)N=C(C)C2C(=O)OCc2ccccc2)ccc1O. The maximum Gasteiger partial charge on any atom is 0.315 e. The molecule has 0 radical (unpaired) electrons. The van der Waals surface area contributed by atoms with Gasteiger partial charge < -0.3 is 14.6 Å². The van der Waals surface area contributed by atoms with Crippen LogP contribution in [0.5, 0.6) is 11.5 Å². The van der Waals surface area contributed by atoms with E-state index in [0.717, 1.165) is 17.7 Å². The zero-order valence-corrected chi connectivity index (χ0v) is 17.6. The number of aromatic hydroxyl groups is 1. The molecular formula is C25H25NO5. The van der Waals surface area contributed by atoms with Crippen LogP contribution >= 0.6 is 0 Å². The Kier molecular flexibility index (Phi) is 5.89. The molecule has 1 N–H and O–H groups in total. The highest BCUT2D eigenvalue weighted by atomic mass is 16.5. The molecule has 2 aromatic rings. The summed E-state index contributed by atoms with van der Waals surface area (Å²) >= 11 is 0. The van der Waals surface area contributed by atoms with Crippen molar-refractivity contribution in [3.63, 3.8) is 0 Å². The minimum Gasteiger partial charge on any atom is -0.504 e. The van der Waals surface area contributed by atoms with Crippen molar-refractivity contribution in [1.29, 1.82) is 0 Å². The van der Waals surface area contributed by atoms with E-state index in [4.69, 9.17) is 9.47 Å². The van der Waals surface area contributed by atoms with Gasteiger partial charge in [0, 0.05) is 29.3 Å². The average molecular weight is 419 g/mol. The summed E-state index contributed by atoms with van der Waals surface area (Å²) < 4.78 is 10.9. The highest BCUT2D eigenvalue weighted by Crippen LogP contribution is 2.45. The number of phenols is 1. The highest BCUT2D eigenvalue weighted by Gasteiger charge is 2.43. The van der Waals surface area contributed by atoms with Crippen molar-refractivity contribution < 1.29 is 24.2 Å². The normalized spacial score (nSPS) is 20.7. The van der Waals surface area contributed by atoms with Gasteiger partial charge in [0.1, 0.15) is 12.5 Å². The summed E-state index contributed by atoms with van der Waals surface area (Å²) in [5.41, 5.74) is 3.55. The summed E-state index contributed by atoms with van der Waals surface area (Å²) in [6.45, 7) is 1.96. The van der Waals surface area contributed by atoms with Crippen LogP contribution in [0.2, 0.25) is 0 Å². The lowest BCUT2D eigenvalue weighted by Gasteiger charge is -2.34. The van der Waals surface area contributed by atoms with Crippen LogP contribution in [0.3, 0.4) is 0 Å². The molecule has 4 rings (SSSR count). The van der Waals surface area contributed by atoms with Crippen LogP contribution in [0.25, 0.3) is 0 Å². The number of ketones is 1. The van der Waals surface area contributed by atoms with E-state index in [1.165, 1.54) is 13.2 Å². The second-order valence-corrected chi connectivity index (χ2v) is 7.87. The summed E-state index contributed by atoms with van der Waals surface area (Å²) in [4.78, 5) is 30.8. The lowest BCUT2D eigenvalue weighted by atomic mass is 9.71. The molecular weight excluding hydrogens is 394 g/mol.